The predicted octanol–water partition coefficient (Wildman–Crippen LogP) is -2.85. The van der Waals surface area contributed by atoms with Crippen LogP contribution in [0.5, 0.6) is 0 Å². The number of aromatic amines is 2. The summed E-state index contributed by atoms with van der Waals surface area (Å²) in [6, 6.07) is 0. The molecule has 0 bridgehead atoms. The molecule has 0 radical (unpaired) electrons. The fourth-order valence-corrected chi connectivity index (χ4v) is 1.60. The standard InChI is InChI=1S/C10H12N4O6/c15-2-1-5(17)6(3-16)20-14-9(18)7-8(12-4-11-7)13-10(14)19/h2,4-6,16-17H,1,3H2,(H,11,12)(H,13,19). The molecule has 0 fully saturated rings. The van der Waals surface area contributed by atoms with Crippen LogP contribution in [0, 0.1) is 0 Å². The number of fused-ring (bicyclic) bond motifs is 1. The van der Waals surface area contributed by atoms with Gasteiger partial charge in [-0.3, -0.25) is 9.78 Å². The number of aliphatic hydroxyl groups is 2. The molecule has 10 nitrogen and oxygen atoms in total. The normalized spacial score (nSPS) is 14.1. The Morgan fingerprint density at radius 2 is 2.25 bits per heavy atom. The second kappa shape index (κ2) is 5.67. The lowest BCUT2D eigenvalue weighted by Crippen LogP contribution is -2.48. The molecule has 0 aromatic carbocycles. The molecule has 10 heteroatoms. The van der Waals surface area contributed by atoms with Gasteiger partial charge in [-0.1, -0.05) is 4.73 Å². The number of carbonyl (C=O) groups is 1. The van der Waals surface area contributed by atoms with Gasteiger partial charge >= 0.3 is 11.2 Å². The average Bonchev–Trinajstić information content (AvgIpc) is 2.87. The third-order valence-corrected chi connectivity index (χ3v) is 2.64. The largest absolute Gasteiger partial charge is 0.397 e. The van der Waals surface area contributed by atoms with Crippen LogP contribution in [0.2, 0.25) is 0 Å². The van der Waals surface area contributed by atoms with Crippen molar-refractivity contribution < 1.29 is 19.8 Å². The highest BCUT2D eigenvalue weighted by Crippen LogP contribution is 1.99. The number of imidazole rings is 1. The minimum absolute atomic E-state index is 0.00571. The Kier molecular flexibility index (Phi) is 3.96. The van der Waals surface area contributed by atoms with Crippen molar-refractivity contribution in [3.05, 3.63) is 27.2 Å². The van der Waals surface area contributed by atoms with Gasteiger partial charge in [-0.25, -0.2) is 9.78 Å². The summed E-state index contributed by atoms with van der Waals surface area (Å²) in [6.45, 7) is -0.679. The second-order valence-corrected chi connectivity index (χ2v) is 3.95. The topological polar surface area (TPSA) is 150 Å². The summed E-state index contributed by atoms with van der Waals surface area (Å²) in [5, 5.41) is 18.7. The summed E-state index contributed by atoms with van der Waals surface area (Å²) in [4.78, 5) is 47.5. The maximum absolute atomic E-state index is 12.0. The molecule has 0 saturated heterocycles. The fourth-order valence-electron chi connectivity index (χ4n) is 1.60. The number of nitrogens with one attached hydrogen (secondary N) is 2. The van der Waals surface area contributed by atoms with Crippen LogP contribution in [0.25, 0.3) is 11.2 Å². The maximum Gasteiger partial charge on any atom is 0.363 e. The SMILES string of the molecule is O=CCC(O)C(CO)On1c(=O)[nH]c2nc[nH]c2c1=O. The summed E-state index contributed by atoms with van der Waals surface area (Å²) in [7, 11) is 0. The summed E-state index contributed by atoms with van der Waals surface area (Å²) in [5.74, 6) is 0. The molecule has 2 aromatic heterocycles. The van der Waals surface area contributed by atoms with Gasteiger partial charge in [-0.2, -0.15) is 0 Å². The number of aldehydes is 1. The van der Waals surface area contributed by atoms with Crippen LogP contribution < -0.4 is 16.1 Å². The van der Waals surface area contributed by atoms with Gasteiger partial charge in [0.15, 0.2) is 17.3 Å². The summed E-state index contributed by atoms with van der Waals surface area (Å²) in [5.41, 5.74) is -1.66. The zero-order chi connectivity index (χ0) is 14.7. The van der Waals surface area contributed by atoms with Crippen molar-refractivity contribution in [3.8, 4) is 0 Å². The molecule has 2 rings (SSSR count). The van der Waals surface area contributed by atoms with Crippen molar-refractivity contribution in [1.82, 2.24) is 19.7 Å². The second-order valence-electron chi connectivity index (χ2n) is 3.95. The molecule has 20 heavy (non-hydrogen) atoms. The van der Waals surface area contributed by atoms with E-state index >= 15 is 0 Å². The van der Waals surface area contributed by atoms with Crippen molar-refractivity contribution in [2.75, 3.05) is 6.61 Å². The van der Waals surface area contributed by atoms with E-state index in [-0.39, 0.29) is 17.6 Å². The van der Waals surface area contributed by atoms with Gasteiger partial charge in [-0.05, 0) is 0 Å². The Balaban J connectivity index is 2.39. The fraction of sp³-hybridized carbons (Fsp3) is 0.400. The molecule has 0 amide bonds. The Morgan fingerprint density at radius 1 is 1.50 bits per heavy atom. The van der Waals surface area contributed by atoms with E-state index in [1.807, 2.05) is 0 Å². The van der Waals surface area contributed by atoms with E-state index in [1.54, 1.807) is 0 Å². The van der Waals surface area contributed by atoms with Gasteiger partial charge in [0, 0.05) is 6.42 Å². The first-order valence-corrected chi connectivity index (χ1v) is 5.66. The quantitative estimate of drug-likeness (QED) is 0.417. The van der Waals surface area contributed by atoms with Gasteiger partial charge in [0.1, 0.15) is 12.4 Å². The van der Waals surface area contributed by atoms with Gasteiger partial charge < -0.3 is 24.8 Å². The minimum Gasteiger partial charge on any atom is -0.397 e. The molecule has 2 unspecified atom stereocenters. The van der Waals surface area contributed by atoms with Crippen molar-refractivity contribution in [1.29, 1.82) is 0 Å². The Morgan fingerprint density at radius 3 is 2.90 bits per heavy atom. The zero-order valence-electron chi connectivity index (χ0n) is 10.1. The van der Waals surface area contributed by atoms with Crippen molar-refractivity contribution in [3.63, 3.8) is 0 Å². The van der Waals surface area contributed by atoms with Crippen molar-refractivity contribution in [2.45, 2.75) is 18.6 Å². The summed E-state index contributed by atoms with van der Waals surface area (Å²) in [6.07, 6.45) is -1.29. The van der Waals surface area contributed by atoms with Gasteiger partial charge in [0.2, 0.25) is 0 Å². The van der Waals surface area contributed by atoms with Crippen LogP contribution in [-0.2, 0) is 4.79 Å². The number of nitrogens with zero attached hydrogens (tertiary/aromatic N) is 2. The van der Waals surface area contributed by atoms with E-state index in [0.717, 1.165) is 0 Å². The Hall–Kier alpha value is -2.46. The molecule has 4 N–H and O–H groups in total. The number of rotatable bonds is 6. The first-order chi connectivity index (χ1) is 9.58. The first-order valence-electron chi connectivity index (χ1n) is 5.66. The monoisotopic (exact) mass is 284 g/mol. The molecule has 0 aliphatic carbocycles. The molecule has 0 saturated carbocycles. The third-order valence-electron chi connectivity index (χ3n) is 2.64. The molecule has 2 aromatic rings. The van der Waals surface area contributed by atoms with Crippen molar-refractivity contribution >= 4 is 17.5 Å². The lowest BCUT2D eigenvalue weighted by atomic mass is 10.2. The molecule has 2 heterocycles. The minimum atomic E-state index is -1.35. The van der Waals surface area contributed by atoms with E-state index in [0.29, 0.717) is 11.0 Å². The Labute approximate surface area is 110 Å². The molecule has 2 atom stereocenters. The van der Waals surface area contributed by atoms with Crippen LogP contribution in [-0.4, -0.2) is 55.0 Å². The highest BCUT2D eigenvalue weighted by atomic mass is 16.7. The predicted molar refractivity (Wildman–Crippen MR) is 65.1 cm³/mol. The molecular formula is C10H12N4O6. The van der Waals surface area contributed by atoms with E-state index in [4.69, 9.17) is 9.94 Å². The van der Waals surface area contributed by atoms with Gasteiger partial charge in [-0.15, -0.1) is 0 Å². The number of hydrogen-bond donors (Lipinski definition) is 4. The van der Waals surface area contributed by atoms with E-state index < -0.39 is 30.1 Å². The molecular weight excluding hydrogens is 272 g/mol. The number of hydrogen-bond acceptors (Lipinski definition) is 7. The highest BCUT2D eigenvalue weighted by Gasteiger charge is 2.23. The van der Waals surface area contributed by atoms with Gasteiger partial charge in [0.05, 0.1) is 12.9 Å². The number of H-pyrrole nitrogens is 2. The van der Waals surface area contributed by atoms with E-state index in [2.05, 4.69) is 15.0 Å². The highest BCUT2D eigenvalue weighted by molar-refractivity contribution is 5.67. The van der Waals surface area contributed by atoms with E-state index in [9.17, 15) is 19.5 Å². The Bertz CT molecular complexity index is 716. The third kappa shape index (κ3) is 2.46. The van der Waals surface area contributed by atoms with Crippen LogP contribution in [0.3, 0.4) is 0 Å². The number of aromatic nitrogens is 4. The average molecular weight is 284 g/mol. The van der Waals surface area contributed by atoms with Crippen LogP contribution in [0.1, 0.15) is 6.42 Å². The van der Waals surface area contributed by atoms with Crippen LogP contribution in [0.4, 0.5) is 0 Å². The molecule has 0 aliphatic heterocycles. The van der Waals surface area contributed by atoms with Crippen molar-refractivity contribution in [2.24, 2.45) is 0 Å². The summed E-state index contributed by atoms with van der Waals surface area (Å²) >= 11 is 0. The maximum atomic E-state index is 12.0. The lowest BCUT2D eigenvalue weighted by Gasteiger charge is -2.20. The van der Waals surface area contributed by atoms with E-state index in [1.165, 1.54) is 6.33 Å². The lowest BCUT2D eigenvalue weighted by molar-refractivity contribution is -0.115. The first kappa shape index (κ1) is 14.0. The molecule has 0 spiro atoms. The smallest absolute Gasteiger partial charge is 0.363 e. The number of carbonyl (C=O) groups excluding carboxylic acids is 1. The number of aliphatic hydroxyl groups excluding tert-OH is 2. The zero-order valence-corrected chi connectivity index (χ0v) is 10.1. The molecule has 0 aliphatic rings. The van der Waals surface area contributed by atoms with Gasteiger partial charge in [0.25, 0.3) is 0 Å². The molecule has 108 valence electrons. The van der Waals surface area contributed by atoms with Crippen LogP contribution >= 0.6 is 0 Å². The van der Waals surface area contributed by atoms with Crippen LogP contribution in [0.15, 0.2) is 15.9 Å². The summed E-state index contributed by atoms with van der Waals surface area (Å²) < 4.78 is 0.357.